The predicted molar refractivity (Wildman–Crippen MR) is 58.3 cm³/mol. The molecule has 15 heavy (non-hydrogen) atoms. The summed E-state index contributed by atoms with van der Waals surface area (Å²) in [7, 11) is 0. The number of ether oxygens (including phenoxy) is 1. The molecule has 1 aliphatic rings. The van der Waals surface area contributed by atoms with Crippen LogP contribution in [0.4, 0.5) is 0 Å². The van der Waals surface area contributed by atoms with Crippen LogP contribution in [0.15, 0.2) is 0 Å². The molecule has 0 bridgehead atoms. The standard InChI is InChI=1S/C12H22O3/c1-8(10-5-9(10)6-13)7-15-11(14)12(2,3)4/h8-10,13H,5-7H2,1-4H3/t8-,9+,10-/m1/s1. The molecule has 1 N–H and O–H groups in total. The SMILES string of the molecule is C[C@H](COC(=O)C(C)(C)C)[C@H]1C[C@H]1CO. The van der Waals surface area contributed by atoms with Gasteiger partial charge in [-0.3, -0.25) is 4.79 Å². The number of rotatable bonds is 4. The van der Waals surface area contributed by atoms with Crippen molar-refractivity contribution in [2.24, 2.45) is 23.2 Å². The molecule has 0 aromatic heterocycles. The maximum atomic E-state index is 11.5. The molecule has 0 heterocycles. The van der Waals surface area contributed by atoms with Gasteiger partial charge in [0.1, 0.15) is 0 Å². The number of hydrogen-bond donors (Lipinski definition) is 1. The van der Waals surface area contributed by atoms with Gasteiger partial charge in [0.25, 0.3) is 0 Å². The van der Waals surface area contributed by atoms with Crippen LogP contribution in [0.3, 0.4) is 0 Å². The molecule has 3 nitrogen and oxygen atoms in total. The van der Waals surface area contributed by atoms with Crippen molar-refractivity contribution in [1.82, 2.24) is 0 Å². The second kappa shape index (κ2) is 4.52. The van der Waals surface area contributed by atoms with Crippen LogP contribution in [0.1, 0.15) is 34.1 Å². The van der Waals surface area contributed by atoms with Crippen LogP contribution in [0, 0.1) is 23.2 Å². The summed E-state index contributed by atoms with van der Waals surface area (Å²) in [5.74, 6) is 1.21. The van der Waals surface area contributed by atoms with Crippen LogP contribution >= 0.6 is 0 Å². The van der Waals surface area contributed by atoms with Gasteiger partial charge in [-0.15, -0.1) is 0 Å². The zero-order chi connectivity index (χ0) is 11.6. The molecular weight excluding hydrogens is 192 g/mol. The van der Waals surface area contributed by atoms with Gasteiger partial charge in [-0.1, -0.05) is 6.92 Å². The molecule has 0 spiro atoms. The topological polar surface area (TPSA) is 46.5 Å². The van der Waals surface area contributed by atoms with E-state index in [1.54, 1.807) is 0 Å². The molecule has 1 saturated carbocycles. The van der Waals surface area contributed by atoms with Crippen molar-refractivity contribution >= 4 is 5.97 Å². The minimum absolute atomic E-state index is 0.143. The zero-order valence-electron chi connectivity index (χ0n) is 10.1. The van der Waals surface area contributed by atoms with Crippen molar-refractivity contribution in [1.29, 1.82) is 0 Å². The summed E-state index contributed by atoms with van der Waals surface area (Å²) < 4.78 is 5.24. The highest BCUT2D eigenvalue weighted by molar-refractivity contribution is 5.75. The Morgan fingerprint density at radius 2 is 2.13 bits per heavy atom. The van der Waals surface area contributed by atoms with Gasteiger partial charge in [-0.25, -0.2) is 0 Å². The zero-order valence-corrected chi connectivity index (χ0v) is 10.1. The number of hydrogen-bond acceptors (Lipinski definition) is 3. The minimum Gasteiger partial charge on any atom is -0.465 e. The van der Waals surface area contributed by atoms with Gasteiger partial charge >= 0.3 is 5.97 Å². The Morgan fingerprint density at radius 1 is 1.53 bits per heavy atom. The smallest absolute Gasteiger partial charge is 0.311 e. The third-order valence-corrected chi connectivity index (χ3v) is 3.03. The molecule has 3 atom stereocenters. The molecule has 1 aliphatic carbocycles. The highest BCUT2D eigenvalue weighted by atomic mass is 16.5. The van der Waals surface area contributed by atoms with Gasteiger partial charge in [0.15, 0.2) is 0 Å². The summed E-state index contributed by atoms with van der Waals surface area (Å²) in [4.78, 5) is 11.5. The first-order chi connectivity index (χ1) is 6.86. The maximum absolute atomic E-state index is 11.5. The van der Waals surface area contributed by atoms with Crippen LogP contribution in [-0.4, -0.2) is 24.3 Å². The summed E-state index contributed by atoms with van der Waals surface area (Å²) in [6, 6.07) is 0. The molecule has 88 valence electrons. The van der Waals surface area contributed by atoms with E-state index in [0.717, 1.165) is 6.42 Å². The number of carbonyl (C=O) groups excluding carboxylic acids is 1. The lowest BCUT2D eigenvalue weighted by Crippen LogP contribution is -2.25. The van der Waals surface area contributed by atoms with Crippen molar-refractivity contribution in [3.05, 3.63) is 0 Å². The molecule has 1 fully saturated rings. The van der Waals surface area contributed by atoms with Crippen molar-refractivity contribution in [3.8, 4) is 0 Å². The third-order valence-electron chi connectivity index (χ3n) is 3.03. The quantitative estimate of drug-likeness (QED) is 0.726. The average molecular weight is 214 g/mol. The van der Waals surface area contributed by atoms with Gasteiger partial charge < -0.3 is 9.84 Å². The van der Waals surface area contributed by atoms with E-state index in [9.17, 15) is 4.79 Å². The lowest BCUT2D eigenvalue weighted by molar-refractivity contribution is -0.154. The van der Waals surface area contributed by atoms with Gasteiger partial charge in [0, 0.05) is 6.61 Å². The molecule has 0 aliphatic heterocycles. The van der Waals surface area contributed by atoms with Crippen molar-refractivity contribution in [3.63, 3.8) is 0 Å². The van der Waals surface area contributed by atoms with Crippen LogP contribution in [0.2, 0.25) is 0 Å². The fraction of sp³-hybridized carbons (Fsp3) is 0.917. The summed E-state index contributed by atoms with van der Waals surface area (Å²) in [5, 5.41) is 8.92. The fourth-order valence-corrected chi connectivity index (χ4v) is 1.73. The van der Waals surface area contributed by atoms with Gasteiger partial charge in [-0.05, 0) is 44.9 Å². The van der Waals surface area contributed by atoms with Crippen LogP contribution in [0.25, 0.3) is 0 Å². The van der Waals surface area contributed by atoms with Crippen LogP contribution in [-0.2, 0) is 9.53 Å². The molecule has 3 heteroatoms. The Kier molecular flexibility index (Phi) is 3.77. The third kappa shape index (κ3) is 3.49. The first kappa shape index (κ1) is 12.5. The van der Waals surface area contributed by atoms with Gasteiger partial charge in [0.2, 0.25) is 0 Å². The van der Waals surface area contributed by atoms with E-state index in [1.165, 1.54) is 0 Å². The second-order valence-electron chi connectivity index (χ2n) is 5.67. The van der Waals surface area contributed by atoms with Crippen molar-refractivity contribution in [2.75, 3.05) is 13.2 Å². The lowest BCUT2D eigenvalue weighted by atomic mass is 9.97. The van der Waals surface area contributed by atoms with Gasteiger partial charge in [0.05, 0.1) is 12.0 Å². The second-order valence-corrected chi connectivity index (χ2v) is 5.67. The van der Waals surface area contributed by atoms with E-state index in [-0.39, 0.29) is 12.6 Å². The molecule has 1 rings (SSSR count). The molecule has 0 aromatic rings. The number of aliphatic hydroxyl groups is 1. The summed E-state index contributed by atoms with van der Waals surface area (Å²) >= 11 is 0. The molecular formula is C12H22O3. The summed E-state index contributed by atoms with van der Waals surface area (Å²) in [6.45, 7) is 8.39. The molecule has 0 amide bonds. The fourth-order valence-electron chi connectivity index (χ4n) is 1.73. The number of carbonyl (C=O) groups is 1. The van der Waals surface area contributed by atoms with E-state index in [0.29, 0.717) is 24.4 Å². The lowest BCUT2D eigenvalue weighted by Gasteiger charge is -2.19. The van der Waals surface area contributed by atoms with E-state index in [4.69, 9.17) is 9.84 Å². The first-order valence-electron chi connectivity index (χ1n) is 5.64. The summed E-state index contributed by atoms with van der Waals surface area (Å²) in [6.07, 6.45) is 1.07. The largest absolute Gasteiger partial charge is 0.465 e. The molecule has 0 saturated heterocycles. The Labute approximate surface area is 91.8 Å². The highest BCUT2D eigenvalue weighted by Gasteiger charge is 2.40. The monoisotopic (exact) mass is 214 g/mol. The van der Waals surface area contributed by atoms with E-state index >= 15 is 0 Å². The molecule has 0 radical (unpaired) electrons. The Bertz CT molecular complexity index is 230. The van der Waals surface area contributed by atoms with Crippen LogP contribution in [0.5, 0.6) is 0 Å². The highest BCUT2D eigenvalue weighted by Crippen LogP contribution is 2.43. The van der Waals surface area contributed by atoms with Crippen molar-refractivity contribution < 1.29 is 14.6 Å². The van der Waals surface area contributed by atoms with E-state index in [1.807, 2.05) is 20.8 Å². The first-order valence-corrected chi connectivity index (χ1v) is 5.64. The number of aliphatic hydroxyl groups excluding tert-OH is 1. The van der Waals surface area contributed by atoms with Crippen LogP contribution < -0.4 is 0 Å². The Balaban J connectivity index is 2.23. The van der Waals surface area contributed by atoms with Gasteiger partial charge in [-0.2, -0.15) is 0 Å². The normalized spacial score (nSPS) is 27.3. The average Bonchev–Trinajstić information content (AvgIpc) is 2.90. The summed E-state index contributed by atoms with van der Waals surface area (Å²) in [5.41, 5.74) is -0.417. The van der Waals surface area contributed by atoms with Crippen molar-refractivity contribution in [2.45, 2.75) is 34.1 Å². The Morgan fingerprint density at radius 3 is 2.53 bits per heavy atom. The molecule has 0 unspecified atom stereocenters. The number of esters is 1. The predicted octanol–water partition coefficient (Wildman–Crippen LogP) is 1.84. The minimum atomic E-state index is -0.417. The van der Waals surface area contributed by atoms with E-state index in [2.05, 4.69) is 6.92 Å². The van der Waals surface area contributed by atoms with E-state index < -0.39 is 5.41 Å². The molecule has 0 aromatic carbocycles. The Hall–Kier alpha value is -0.570. The maximum Gasteiger partial charge on any atom is 0.311 e.